The van der Waals surface area contributed by atoms with Crippen LogP contribution in [-0.4, -0.2) is 21.3 Å². The lowest BCUT2D eigenvalue weighted by Crippen LogP contribution is -2.19. The van der Waals surface area contributed by atoms with Crippen molar-refractivity contribution in [2.75, 3.05) is 6.61 Å². The van der Waals surface area contributed by atoms with Crippen molar-refractivity contribution in [3.63, 3.8) is 0 Å². The number of hydrogen-bond donors (Lipinski definition) is 1. The Morgan fingerprint density at radius 1 is 1.41 bits per heavy atom. The molecule has 1 saturated carbocycles. The van der Waals surface area contributed by atoms with E-state index < -0.39 is 0 Å². The van der Waals surface area contributed by atoms with E-state index in [1.807, 2.05) is 17.9 Å². The first kappa shape index (κ1) is 10.8. The molecule has 1 aliphatic rings. The summed E-state index contributed by atoms with van der Waals surface area (Å²) < 4.78 is 2.02. The molecular formula is C14H18N2O. The van der Waals surface area contributed by atoms with E-state index >= 15 is 0 Å². The molecule has 1 N–H and O–H groups in total. The summed E-state index contributed by atoms with van der Waals surface area (Å²) in [6.07, 6.45) is 2.88. The minimum absolute atomic E-state index is 0.0568. The third-order valence-corrected chi connectivity index (χ3v) is 4.46. The van der Waals surface area contributed by atoms with Crippen LogP contribution in [0.25, 0.3) is 11.0 Å². The lowest BCUT2D eigenvalue weighted by molar-refractivity contribution is 0.231. The fourth-order valence-electron chi connectivity index (χ4n) is 3.00. The highest BCUT2D eigenvalue weighted by atomic mass is 16.3. The summed E-state index contributed by atoms with van der Waals surface area (Å²) in [4.78, 5) is 4.38. The molecular weight excluding hydrogens is 212 g/mol. The van der Waals surface area contributed by atoms with Crippen molar-refractivity contribution in [3.05, 3.63) is 30.1 Å². The monoisotopic (exact) mass is 230 g/mol. The molecule has 1 aromatic heterocycles. The standard InChI is InChI=1S/C14H18N2O/c1-13(2)7-14(13,8-17)10-4-5-12-11(6-10)15-9-16(12)3/h4-6,9,17H,7-8H2,1-3H3. The highest BCUT2D eigenvalue weighted by molar-refractivity contribution is 5.76. The van der Waals surface area contributed by atoms with Crippen LogP contribution in [0.4, 0.5) is 0 Å². The third-order valence-electron chi connectivity index (χ3n) is 4.46. The van der Waals surface area contributed by atoms with Gasteiger partial charge in [-0.3, -0.25) is 0 Å². The largest absolute Gasteiger partial charge is 0.395 e. The number of benzene rings is 1. The van der Waals surface area contributed by atoms with Gasteiger partial charge in [-0.05, 0) is 29.5 Å². The second-order valence-corrected chi connectivity index (χ2v) is 5.86. The molecule has 0 aliphatic heterocycles. The van der Waals surface area contributed by atoms with Gasteiger partial charge in [0, 0.05) is 12.5 Å². The van der Waals surface area contributed by atoms with Crippen LogP contribution in [0.15, 0.2) is 24.5 Å². The molecule has 1 fully saturated rings. The lowest BCUT2D eigenvalue weighted by atomic mass is 9.88. The fraction of sp³-hybridized carbons (Fsp3) is 0.500. The predicted octanol–water partition coefficient (Wildman–Crippen LogP) is 2.23. The van der Waals surface area contributed by atoms with Crippen molar-refractivity contribution in [1.82, 2.24) is 9.55 Å². The molecule has 0 saturated heterocycles. The van der Waals surface area contributed by atoms with E-state index in [9.17, 15) is 5.11 Å². The average molecular weight is 230 g/mol. The van der Waals surface area contributed by atoms with E-state index in [1.165, 1.54) is 5.56 Å². The molecule has 1 aromatic carbocycles. The Balaban J connectivity index is 2.13. The minimum atomic E-state index is -0.0568. The molecule has 2 aromatic rings. The number of aliphatic hydroxyl groups is 1. The Bertz CT molecular complexity index is 585. The first-order chi connectivity index (χ1) is 8.00. The summed E-state index contributed by atoms with van der Waals surface area (Å²) >= 11 is 0. The van der Waals surface area contributed by atoms with E-state index in [-0.39, 0.29) is 17.4 Å². The first-order valence-corrected chi connectivity index (χ1v) is 6.03. The van der Waals surface area contributed by atoms with Crippen LogP contribution in [0, 0.1) is 5.41 Å². The molecule has 0 bridgehead atoms. The highest BCUT2D eigenvalue weighted by Crippen LogP contribution is 2.64. The van der Waals surface area contributed by atoms with E-state index in [0.717, 1.165) is 17.5 Å². The minimum Gasteiger partial charge on any atom is -0.395 e. The van der Waals surface area contributed by atoms with Gasteiger partial charge in [-0.1, -0.05) is 19.9 Å². The summed E-state index contributed by atoms with van der Waals surface area (Å²) in [6.45, 7) is 4.65. The second kappa shape index (κ2) is 3.10. The molecule has 1 aliphatic carbocycles. The Morgan fingerprint density at radius 2 is 2.12 bits per heavy atom. The van der Waals surface area contributed by atoms with E-state index in [2.05, 4.69) is 37.0 Å². The first-order valence-electron chi connectivity index (χ1n) is 6.03. The van der Waals surface area contributed by atoms with Crippen molar-refractivity contribution in [3.8, 4) is 0 Å². The molecule has 1 atom stereocenters. The topological polar surface area (TPSA) is 38.0 Å². The van der Waals surface area contributed by atoms with Crippen molar-refractivity contribution in [2.24, 2.45) is 12.5 Å². The molecule has 0 amide bonds. The molecule has 0 spiro atoms. The quantitative estimate of drug-likeness (QED) is 0.859. The van der Waals surface area contributed by atoms with E-state index in [4.69, 9.17) is 0 Å². The van der Waals surface area contributed by atoms with Gasteiger partial charge in [-0.25, -0.2) is 4.98 Å². The van der Waals surface area contributed by atoms with Gasteiger partial charge in [0.05, 0.1) is 24.0 Å². The Hall–Kier alpha value is -1.35. The maximum Gasteiger partial charge on any atom is 0.0955 e. The van der Waals surface area contributed by atoms with Crippen LogP contribution in [0.5, 0.6) is 0 Å². The lowest BCUT2D eigenvalue weighted by Gasteiger charge is -2.18. The number of fused-ring (bicyclic) bond motifs is 1. The van der Waals surface area contributed by atoms with Crippen LogP contribution in [-0.2, 0) is 12.5 Å². The normalized spacial score (nSPS) is 26.4. The maximum atomic E-state index is 9.70. The molecule has 90 valence electrons. The van der Waals surface area contributed by atoms with Crippen molar-refractivity contribution in [1.29, 1.82) is 0 Å². The van der Waals surface area contributed by atoms with Crippen molar-refractivity contribution < 1.29 is 5.11 Å². The SMILES string of the molecule is Cn1cnc2cc(C3(CO)CC3(C)C)ccc21. The molecule has 3 heteroatoms. The zero-order chi connectivity index (χ0) is 12.3. The number of imidazole rings is 1. The van der Waals surface area contributed by atoms with Gasteiger partial charge in [0.2, 0.25) is 0 Å². The third kappa shape index (κ3) is 1.29. The van der Waals surface area contributed by atoms with Crippen LogP contribution in [0.1, 0.15) is 25.8 Å². The van der Waals surface area contributed by atoms with Gasteiger partial charge in [-0.15, -0.1) is 0 Å². The average Bonchev–Trinajstić information content (AvgIpc) is 2.69. The molecule has 17 heavy (non-hydrogen) atoms. The summed E-state index contributed by atoms with van der Waals surface area (Å²) in [5, 5.41) is 9.70. The number of aliphatic hydroxyl groups excluding tert-OH is 1. The summed E-state index contributed by atoms with van der Waals surface area (Å²) in [7, 11) is 2.00. The molecule has 3 nitrogen and oxygen atoms in total. The zero-order valence-electron chi connectivity index (χ0n) is 10.6. The number of hydrogen-bond acceptors (Lipinski definition) is 2. The maximum absolute atomic E-state index is 9.70. The summed E-state index contributed by atoms with van der Waals surface area (Å²) in [5.41, 5.74) is 3.51. The van der Waals surface area contributed by atoms with Gasteiger partial charge >= 0.3 is 0 Å². The van der Waals surface area contributed by atoms with Crippen LogP contribution >= 0.6 is 0 Å². The summed E-state index contributed by atoms with van der Waals surface area (Å²) in [6, 6.07) is 6.36. The molecule has 3 rings (SSSR count). The van der Waals surface area contributed by atoms with Crippen LogP contribution in [0.2, 0.25) is 0 Å². The molecule has 0 radical (unpaired) electrons. The predicted molar refractivity (Wildman–Crippen MR) is 67.9 cm³/mol. The smallest absolute Gasteiger partial charge is 0.0955 e. The van der Waals surface area contributed by atoms with Gasteiger partial charge in [0.15, 0.2) is 0 Å². The Morgan fingerprint density at radius 3 is 2.71 bits per heavy atom. The van der Waals surface area contributed by atoms with Crippen LogP contribution < -0.4 is 0 Å². The van der Waals surface area contributed by atoms with Crippen LogP contribution in [0.3, 0.4) is 0 Å². The Kier molecular flexibility index (Phi) is 1.97. The van der Waals surface area contributed by atoms with Gasteiger partial charge in [-0.2, -0.15) is 0 Å². The summed E-state index contributed by atoms with van der Waals surface area (Å²) in [5.74, 6) is 0. The van der Waals surface area contributed by atoms with Gasteiger partial charge in [0.25, 0.3) is 0 Å². The van der Waals surface area contributed by atoms with E-state index in [0.29, 0.717) is 0 Å². The number of rotatable bonds is 2. The highest BCUT2D eigenvalue weighted by Gasteiger charge is 2.61. The van der Waals surface area contributed by atoms with Crippen molar-refractivity contribution in [2.45, 2.75) is 25.7 Å². The van der Waals surface area contributed by atoms with E-state index in [1.54, 1.807) is 0 Å². The number of aryl methyl sites for hydroxylation is 1. The number of aromatic nitrogens is 2. The van der Waals surface area contributed by atoms with Gasteiger partial charge in [0.1, 0.15) is 0 Å². The van der Waals surface area contributed by atoms with Crippen molar-refractivity contribution >= 4 is 11.0 Å². The zero-order valence-corrected chi connectivity index (χ0v) is 10.6. The number of nitrogens with zero attached hydrogens (tertiary/aromatic N) is 2. The second-order valence-electron chi connectivity index (χ2n) is 5.86. The molecule has 1 heterocycles. The Labute approximate surface area is 101 Å². The molecule has 1 unspecified atom stereocenters. The van der Waals surface area contributed by atoms with Gasteiger partial charge < -0.3 is 9.67 Å². The fourth-order valence-corrected chi connectivity index (χ4v) is 3.00.